The van der Waals surface area contributed by atoms with E-state index in [1.807, 2.05) is 13.0 Å². The number of rotatable bonds is 0. The lowest BCUT2D eigenvalue weighted by Gasteiger charge is -1.92. The van der Waals surface area contributed by atoms with Gasteiger partial charge in [-0.1, -0.05) is 0 Å². The third kappa shape index (κ3) is 0.832. The quantitative estimate of drug-likeness (QED) is 0.601. The largest absolute Gasteiger partial charge is 0.492 e. The summed E-state index contributed by atoms with van der Waals surface area (Å²) in [6.45, 7) is 1.92. The van der Waals surface area contributed by atoms with Gasteiger partial charge in [-0.05, 0) is 18.6 Å². The molecule has 2 aromatic rings. The Kier molecular flexibility index (Phi) is 1.09. The molecule has 0 saturated carbocycles. The van der Waals surface area contributed by atoms with Crippen molar-refractivity contribution in [3.05, 3.63) is 24.0 Å². The van der Waals surface area contributed by atoms with Gasteiger partial charge in [-0.15, -0.1) is 0 Å². The van der Waals surface area contributed by atoms with Crippen molar-refractivity contribution in [3.8, 4) is 5.88 Å². The first-order valence-electron chi connectivity index (χ1n) is 3.27. The molecule has 0 aliphatic carbocycles. The molecule has 11 heavy (non-hydrogen) atoms. The average Bonchev–Trinajstić information content (AvgIpc) is 2.31. The zero-order valence-electron chi connectivity index (χ0n) is 6.02. The molecule has 0 saturated heterocycles. The second kappa shape index (κ2) is 1.95. The number of aryl methyl sites for hydroxylation is 1. The molecule has 0 aromatic carbocycles. The molecule has 56 valence electrons. The summed E-state index contributed by atoms with van der Waals surface area (Å²) >= 11 is 0. The molecule has 2 heterocycles. The zero-order valence-corrected chi connectivity index (χ0v) is 6.02. The van der Waals surface area contributed by atoms with Gasteiger partial charge in [0.2, 0.25) is 5.88 Å². The summed E-state index contributed by atoms with van der Waals surface area (Å²) in [5.74, 6) is 0.00630. The highest BCUT2D eigenvalue weighted by atomic mass is 16.3. The minimum absolute atomic E-state index is 0.00630. The van der Waals surface area contributed by atoms with Gasteiger partial charge in [0.1, 0.15) is 0 Å². The fourth-order valence-electron chi connectivity index (χ4n) is 1.01. The van der Waals surface area contributed by atoms with Gasteiger partial charge in [0, 0.05) is 6.20 Å². The second-order valence-corrected chi connectivity index (χ2v) is 2.38. The third-order valence-corrected chi connectivity index (χ3v) is 1.54. The number of hydrogen-bond acceptors (Lipinski definition) is 3. The maximum absolute atomic E-state index is 9.01. The van der Waals surface area contributed by atoms with Crippen LogP contribution in [0.3, 0.4) is 0 Å². The summed E-state index contributed by atoms with van der Waals surface area (Å²) in [5.41, 5.74) is 1.70. The van der Waals surface area contributed by atoms with Crippen LogP contribution < -0.4 is 0 Å². The van der Waals surface area contributed by atoms with Crippen LogP contribution in [0.25, 0.3) is 5.65 Å². The minimum atomic E-state index is 0.00630. The Balaban J connectivity index is 2.90. The van der Waals surface area contributed by atoms with Crippen molar-refractivity contribution in [3.63, 3.8) is 0 Å². The number of aromatic hydroxyl groups is 1. The Labute approximate surface area is 63.1 Å². The van der Waals surface area contributed by atoms with E-state index in [1.54, 1.807) is 10.7 Å². The van der Waals surface area contributed by atoms with Crippen LogP contribution in [0.4, 0.5) is 0 Å². The van der Waals surface area contributed by atoms with Crippen LogP contribution in [-0.4, -0.2) is 19.7 Å². The summed E-state index contributed by atoms with van der Waals surface area (Å²) in [6, 6.07) is 1.85. The molecule has 0 bridgehead atoms. The van der Waals surface area contributed by atoms with E-state index in [0.29, 0.717) is 5.65 Å². The van der Waals surface area contributed by atoms with Gasteiger partial charge < -0.3 is 5.11 Å². The van der Waals surface area contributed by atoms with E-state index in [1.165, 1.54) is 6.20 Å². The molecular formula is C7H7N3O. The molecule has 0 radical (unpaired) electrons. The van der Waals surface area contributed by atoms with Gasteiger partial charge in [0.15, 0.2) is 5.65 Å². The molecule has 1 N–H and O–H groups in total. The molecule has 0 atom stereocenters. The van der Waals surface area contributed by atoms with E-state index in [-0.39, 0.29) is 5.88 Å². The Morgan fingerprint density at radius 3 is 3.09 bits per heavy atom. The highest BCUT2D eigenvalue weighted by molar-refractivity contribution is 5.46. The first kappa shape index (κ1) is 6.15. The molecule has 2 rings (SSSR count). The van der Waals surface area contributed by atoms with E-state index >= 15 is 0 Å². The first-order chi connectivity index (χ1) is 5.27. The fraction of sp³-hybridized carbons (Fsp3) is 0.143. The van der Waals surface area contributed by atoms with Crippen molar-refractivity contribution in [2.45, 2.75) is 6.92 Å². The molecule has 0 amide bonds. The fourth-order valence-corrected chi connectivity index (χ4v) is 1.01. The van der Waals surface area contributed by atoms with Crippen LogP contribution in [0.5, 0.6) is 5.88 Å². The van der Waals surface area contributed by atoms with E-state index < -0.39 is 0 Å². The maximum atomic E-state index is 9.01. The van der Waals surface area contributed by atoms with E-state index in [0.717, 1.165) is 5.56 Å². The summed E-state index contributed by atoms with van der Waals surface area (Å²) < 4.78 is 1.55. The van der Waals surface area contributed by atoms with E-state index in [9.17, 15) is 0 Å². The van der Waals surface area contributed by atoms with E-state index in [4.69, 9.17) is 5.11 Å². The minimum Gasteiger partial charge on any atom is -0.492 e. The highest BCUT2D eigenvalue weighted by Gasteiger charge is 2.00. The van der Waals surface area contributed by atoms with Gasteiger partial charge in [0.05, 0.1) is 6.20 Å². The van der Waals surface area contributed by atoms with Gasteiger partial charge >= 0.3 is 0 Å². The molecule has 0 aliphatic rings. The second-order valence-electron chi connectivity index (χ2n) is 2.38. The summed E-state index contributed by atoms with van der Waals surface area (Å²) in [4.78, 5) is 3.87. The lowest BCUT2D eigenvalue weighted by molar-refractivity contribution is 0.457. The average molecular weight is 149 g/mol. The van der Waals surface area contributed by atoms with Gasteiger partial charge in [0.25, 0.3) is 0 Å². The predicted molar refractivity (Wildman–Crippen MR) is 39.4 cm³/mol. The Bertz CT molecular complexity index is 393. The first-order valence-corrected chi connectivity index (χ1v) is 3.27. The van der Waals surface area contributed by atoms with Crippen molar-refractivity contribution in [2.75, 3.05) is 0 Å². The van der Waals surface area contributed by atoms with Crippen molar-refractivity contribution in [2.24, 2.45) is 0 Å². The van der Waals surface area contributed by atoms with Crippen molar-refractivity contribution >= 4 is 5.65 Å². The van der Waals surface area contributed by atoms with Crippen LogP contribution in [-0.2, 0) is 0 Å². The van der Waals surface area contributed by atoms with Crippen LogP contribution in [0.2, 0.25) is 0 Å². The van der Waals surface area contributed by atoms with Crippen molar-refractivity contribution in [1.29, 1.82) is 0 Å². The number of imidazole rings is 1. The third-order valence-electron chi connectivity index (χ3n) is 1.54. The molecule has 0 unspecified atom stereocenters. The van der Waals surface area contributed by atoms with Crippen LogP contribution in [0, 0.1) is 6.92 Å². The molecular weight excluding hydrogens is 142 g/mol. The van der Waals surface area contributed by atoms with E-state index in [2.05, 4.69) is 10.1 Å². The Morgan fingerprint density at radius 2 is 2.36 bits per heavy atom. The number of nitrogens with zero attached hydrogens (tertiary/aromatic N) is 3. The summed E-state index contributed by atoms with van der Waals surface area (Å²) in [5, 5.41) is 13.0. The molecule has 4 nitrogen and oxygen atoms in total. The van der Waals surface area contributed by atoms with Crippen molar-refractivity contribution in [1.82, 2.24) is 14.6 Å². The number of fused-ring (bicyclic) bond motifs is 1. The molecule has 0 fully saturated rings. The van der Waals surface area contributed by atoms with Crippen LogP contribution in [0.15, 0.2) is 18.5 Å². The Morgan fingerprint density at radius 1 is 1.55 bits per heavy atom. The van der Waals surface area contributed by atoms with Crippen LogP contribution >= 0.6 is 0 Å². The van der Waals surface area contributed by atoms with Gasteiger partial charge in [-0.25, -0.2) is 4.52 Å². The normalized spacial score (nSPS) is 10.6. The summed E-state index contributed by atoms with van der Waals surface area (Å²) in [6.07, 6.45) is 3.14. The monoisotopic (exact) mass is 149 g/mol. The SMILES string of the molecule is Cc1ccnn2cc(O)nc12. The number of hydrogen-bond donors (Lipinski definition) is 1. The molecule has 0 spiro atoms. The lowest BCUT2D eigenvalue weighted by atomic mass is 10.3. The summed E-state index contributed by atoms with van der Waals surface area (Å²) in [7, 11) is 0. The molecule has 0 aliphatic heterocycles. The predicted octanol–water partition coefficient (Wildman–Crippen LogP) is 0.743. The topological polar surface area (TPSA) is 50.4 Å². The van der Waals surface area contributed by atoms with Crippen molar-refractivity contribution < 1.29 is 5.11 Å². The standard InChI is InChI=1S/C7H7N3O/c1-5-2-3-8-10-4-6(11)9-7(5)10/h2-4,11H,1H3. The van der Waals surface area contributed by atoms with Gasteiger partial charge in [-0.2, -0.15) is 10.1 Å². The number of aromatic nitrogens is 3. The molecule has 4 heteroatoms. The maximum Gasteiger partial charge on any atom is 0.231 e. The lowest BCUT2D eigenvalue weighted by Crippen LogP contribution is -1.90. The highest BCUT2D eigenvalue weighted by Crippen LogP contribution is 2.11. The molecule has 2 aromatic heterocycles. The van der Waals surface area contributed by atoms with Gasteiger partial charge in [-0.3, -0.25) is 0 Å². The zero-order chi connectivity index (χ0) is 7.84. The van der Waals surface area contributed by atoms with Crippen LogP contribution in [0.1, 0.15) is 5.56 Å². The smallest absolute Gasteiger partial charge is 0.231 e. The Hall–Kier alpha value is -1.58.